The number of aliphatic imine (C=N–C) groups is 1. The molecule has 102 valence electrons. The minimum absolute atomic E-state index is 0.176. The topological polar surface area (TPSA) is 41.9 Å². The molecule has 1 saturated heterocycles. The van der Waals surface area contributed by atoms with Crippen LogP contribution in [0.1, 0.15) is 47.0 Å². The Labute approximate surface area is 109 Å². The minimum Gasteiger partial charge on any atom is -0.444 e. The van der Waals surface area contributed by atoms with Gasteiger partial charge < -0.3 is 9.64 Å². The lowest BCUT2D eigenvalue weighted by molar-refractivity contribution is 0.0157. The summed E-state index contributed by atoms with van der Waals surface area (Å²) in [5.41, 5.74) is 1.15. The number of amides is 1. The zero-order chi connectivity index (χ0) is 13.4. The van der Waals surface area contributed by atoms with Gasteiger partial charge in [0, 0.05) is 30.8 Å². The van der Waals surface area contributed by atoms with E-state index >= 15 is 0 Å². The SMILES string of the molecule is CC1=NCCC12CCN(C(=O)OC(C)(C)C)CC2. The van der Waals surface area contributed by atoms with Crippen LogP contribution < -0.4 is 0 Å². The molecule has 4 heteroatoms. The molecule has 2 rings (SSSR count). The van der Waals surface area contributed by atoms with Gasteiger partial charge in [-0.05, 0) is 47.0 Å². The largest absolute Gasteiger partial charge is 0.444 e. The fourth-order valence-corrected chi connectivity index (χ4v) is 2.84. The molecule has 0 atom stereocenters. The molecule has 2 aliphatic heterocycles. The summed E-state index contributed by atoms with van der Waals surface area (Å²) in [5, 5.41) is 0. The average molecular weight is 252 g/mol. The molecule has 2 aliphatic rings. The molecule has 0 saturated carbocycles. The van der Waals surface area contributed by atoms with Gasteiger partial charge in [-0.1, -0.05) is 0 Å². The van der Waals surface area contributed by atoms with E-state index in [1.165, 1.54) is 5.71 Å². The molecule has 18 heavy (non-hydrogen) atoms. The summed E-state index contributed by atoms with van der Waals surface area (Å²) in [4.78, 5) is 18.3. The highest BCUT2D eigenvalue weighted by Crippen LogP contribution is 2.40. The van der Waals surface area contributed by atoms with Gasteiger partial charge in [0.2, 0.25) is 0 Å². The van der Waals surface area contributed by atoms with Gasteiger partial charge >= 0.3 is 6.09 Å². The van der Waals surface area contributed by atoms with Gasteiger partial charge in [-0.3, -0.25) is 4.99 Å². The highest BCUT2D eigenvalue weighted by atomic mass is 16.6. The minimum atomic E-state index is -0.406. The number of carbonyl (C=O) groups excluding carboxylic acids is 1. The lowest BCUT2D eigenvalue weighted by Crippen LogP contribution is -2.46. The maximum Gasteiger partial charge on any atom is 0.410 e. The molecule has 0 radical (unpaired) electrons. The van der Waals surface area contributed by atoms with Crippen LogP contribution in [0.5, 0.6) is 0 Å². The van der Waals surface area contributed by atoms with Gasteiger partial charge in [-0.2, -0.15) is 0 Å². The van der Waals surface area contributed by atoms with E-state index in [4.69, 9.17) is 4.74 Å². The maximum atomic E-state index is 12.0. The Morgan fingerprint density at radius 2 is 1.89 bits per heavy atom. The first-order valence-corrected chi connectivity index (χ1v) is 6.82. The summed E-state index contributed by atoms with van der Waals surface area (Å²) in [6, 6.07) is 0. The molecule has 4 nitrogen and oxygen atoms in total. The molecule has 0 aromatic carbocycles. The van der Waals surface area contributed by atoms with Gasteiger partial charge in [0.25, 0.3) is 0 Å². The van der Waals surface area contributed by atoms with Crippen molar-refractivity contribution in [2.45, 2.75) is 52.6 Å². The van der Waals surface area contributed by atoms with Crippen LogP contribution in [0.4, 0.5) is 4.79 Å². The number of rotatable bonds is 0. The van der Waals surface area contributed by atoms with Crippen LogP contribution in [0.3, 0.4) is 0 Å². The maximum absolute atomic E-state index is 12.0. The number of likely N-dealkylation sites (tertiary alicyclic amines) is 1. The molecule has 1 amide bonds. The third kappa shape index (κ3) is 2.68. The Bertz CT molecular complexity index is 360. The highest BCUT2D eigenvalue weighted by Gasteiger charge is 2.40. The van der Waals surface area contributed by atoms with Crippen LogP contribution in [0.15, 0.2) is 4.99 Å². The van der Waals surface area contributed by atoms with E-state index in [9.17, 15) is 4.79 Å². The Kier molecular flexibility index (Phi) is 3.39. The summed E-state index contributed by atoms with van der Waals surface area (Å²) < 4.78 is 5.41. The first kappa shape index (κ1) is 13.4. The predicted molar refractivity (Wildman–Crippen MR) is 72.1 cm³/mol. The van der Waals surface area contributed by atoms with Crippen LogP contribution in [0, 0.1) is 5.41 Å². The van der Waals surface area contributed by atoms with Crippen molar-refractivity contribution in [3.8, 4) is 0 Å². The molecule has 0 bridgehead atoms. The molecule has 0 unspecified atom stereocenters. The van der Waals surface area contributed by atoms with E-state index in [0.717, 1.165) is 38.9 Å². The summed E-state index contributed by atoms with van der Waals surface area (Å²) in [7, 11) is 0. The first-order chi connectivity index (χ1) is 8.32. The Balaban J connectivity index is 1.91. The smallest absolute Gasteiger partial charge is 0.410 e. The zero-order valence-corrected chi connectivity index (χ0v) is 12.0. The summed E-state index contributed by atoms with van der Waals surface area (Å²) in [5.74, 6) is 0. The van der Waals surface area contributed by atoms with Crippen molar-refractivity contribution in [3.63, 3.8) is 0 Å². The third-order valence-electron chi connectivity index (χ3n) is 4.08. The number of hydrogen-bond donors (Lipinski definition) is 0. The highest BCUT2D eigenvalue weighted by molar-refractivity contribution is 5.89. The molecule has 1 spiro atoms. The first-order valence-electron chi connectivity index (χ1n) is 6.82. The number of hydrogen-bond acceptors (Lipinski definition) is 3. The number of nitrogens with zero attached hydrogens (tertiary/aromatic N) is 2. The summed E-state index contributed by atoms with van der Waals surface area (Å²) >= 11 is 0. The Hall–Kier alpha value is -1.06. The number of piperidine rings is 1. The second kappa shape index (κ2) is 4.56. The molecular formula is C14H24N2O2. The Morgan fingerprint density at radius 3 is 2.33 bits per heavy atom. The zero-order valence-electron chi connectivity index (χ0n) is 12.0. The van der Waals surface area contributed by atoms with E-state index in [1.807, 2.05) is 25.7 Å². The third-order valence-corrected chi connectivity index (χ3v) is 4.08. The standard InChI is InChI=1S/C14H24N2O2/c1-11-14(5-8-15-11)6-9-16(10-7-14)12(17)18-13(2,3)4/h5-10H2,1-4H3. The normalized spacial score (nSPS) is 23.1. The van der Waals surface area contributed by atoms with Gasteiger partial charge in [0.1, 0.15) is 5.60 Å². The van der Waals surface area contributed by atoms with Crippen molar-refractivity contribution in [2.75, 3.05) is 19.6 Å². The van der Waals surface area contributed by atoms with E-state index in [0.29, 0.717) is 0 Å². The number of carbonyl (C=O) groups is 1. The van der Waals surface area contributed by atoms with E-state index < -0.39 is 5.60 Å². The van der Waals surface area contributed by atoms with Crippen molar-refractivity contribution in [1.29, 1.82) is 0 Å². The van der Waals surface area contributed by atoms with Gasteiger partial charge in [0.15, 0.2) is 0 Å². The summed E-state index contributed by atoms with van der Waals surface area (Å²) in [6.07, 6.45) is 3.04. The van der Waals surface area contributed by atoms with Crippen molar-refractivity contribution >= 4 is 11.8 Å². The van der Waals surface area contributed by atoms with Crippen molar-refractivity contribution in [2.24, 2.45) is 10.4 Å². The fraction of sp³-hybridized carbons (Fsp3) is 0.857. The molecular weight excluding hydrogens is 228 g/mol. The molecule has 2 heterocycles. The van der Waals surface area contributed by atoms with Crippen LogP contribution in [0.25, 0.3) is 0 Å². The van der Waals surface area contributed by atoms with Gasteiger partial charge in [-0.15, -0.1) is 0 Å². The second-order valence-electron chi connectivity index (χ2n) is 6.46. The van der Waals surface area contributed by atoms with Crippen LogP contribution >= 0.6 is 0 Å². The van der Waals surface area contributed by atoms with Crippen molar-refractivity contribution < 1.29 is 9.53 Å². The lowest BCUT2D eigenvalue weighted by Gasteiger charge is -2.39. The fourth-order valence-electron chi connectivity index (χ4n) is 2.84. The predicted octanol–water partition coefficient (Wildman–Crippen LogP) is 2.87. The lowest BCUT2D eigenvalue weighted by atomic mass is 9.74. The van der Waals surface area contributed by atoms with Gasteiger partial charge in [0.05, 0.1) is 0 Å². The molecule has 0 aliphatic carbocycles. The molecule has 0 aromatic rings. The van der Waals surface area contributed by atoms with E-state index in [2.05, 4.69) is 11.9 Å². The second-order valence-corrected chi connectivity index (χ2v) is 6.46. The molecule has 0 N–H and O–H groups in total. The number of ether oxygens (including phenoxy) is 1. The van der Waals surface area contributed by atoms with Crippen LogP contribution in [-0.4, -0.2) is 41.9 Å². The average Bonchev–Trinajstić information content (AvgIpc) is 2.59. The van der Waals surface area contributed by atoms with E-state index in [1.54, 1.807) is 0 Å². The molecule has 1 fully saturated rings. The van der Waals surface area contributed by atoms with Gasteiger partial charge in [-0.25, -0.2) is 4.79 Å². The monoisotopic (exact) mass is 252 g/mol. The molecule has 0 aromatic heterocycles. The Morgan fingerprint density at radius 1 is 1.28 bits per heavy atom. The summed E-state index contributed by atoms with van der Waals surface area (Å²) in [6.45, 7) is 10.4. The van der Waals surface area contributed by atoms with Crippen molar-refractivity contribution in [3.05, 3.63) is 0 Å². The van der Waals surface area contributed by atoms with E-state index in [-0.39, 0.29) is 11.5 Å². The quantitative estimate of drug-likeness (QED) is 0.665. The van der Waals surface area contributed by atoms with Crippen LogP contribution in [0.2, 0.25) is 0 Å². The van der Waals surface area contributed by atoms with Crippen molar-refractivity contribution in [1.82, 2.24) is 4.90 Å². The van der Waals surface area contributed by atoms with Crippen LogP contribution in [-0.2, 0) is 4.74 Å².